The summed E-state index contributed by atoms with van der Waals surface area (Å²) in [6.45, 7) is 5.59. The first-order valence-corrected chi connectivity index (χ1v) is 8.97. The quantitative estimate of drug-likeness (QED) is 0.819. The number of halogens is 1. The van der Waals surface area contributed by atoms with Crippen LogP contribution in [0, 0.1) is 0 Å². The van der Waals surface area contributed by atoms with E-state index in [1.807, 2.05) is 18.7 Å². The number of benzene rings is 1. The Bertz CT molecular complexity index is 610. The molecule has 0 aromatic heterocycles. The highest BCUT2D eigenvalue weighted by atomic mass is 35.5. The average molecular weight is 362 g/mol. The van der Waals surface area contributed by atoms with E-state index in [2.05, 4.69) is 10.0 Å². The number of sulfonamides is 1. The number of nitrogens with one attached hydrogen (secondary N) is 2. The highest BCUT2D eigenvalue weighted by Gasteiger charge is 2.27. The van der Waals surface area contributed by atoms with Crippen LogP contribution < -0.4 is 10.0 Å². The number of hydrogen-bond donors (Lipinski definition) is 2. The summed E-state index contributed by atoms with van der Waals surface area (Å²) in [5, 5.41) is 3.31. The summed E-state index contributed by atoms with van der Waals surface area (Å²) in [5.74, 6) is -0.0170. The largest absolute Gasteiger partial charge is 0.337 e. The third-order valence-corrected chi connectivity index (χ3v) is 5.52. The summed E-state index contributed by atoms with van der Waals surface area (Å²) in [7, 11) is -3.54. The Hall–Kier alpha value is -1.15. The Balaban J connectivity index is 0.00000264. The van der Waals surface area contributed by atoms with Crippen molar-refractivity contribution in [1.82, 2.24) is 14.9 Å². The van der Waals surface area contributed by atoms with Gasteiger partial charge in [-0.05, 0) is 26.0 Å². The van der Waals surface area contributed by atoms with Crippen molar-refractivity contribution in [2.45, 2.75) is 37.2 Å². The molecule has 8 heteroatoms. The molecule has 1 aromatic carbocycles. The second-order valence-corrected chi connectivity index (χ2v) is 7.30. The van der Waals surface area contributed by atoms with Gasteiger partial charge in [0, 0.05) is 38.1 Å². The van der Waals surface area contributed by atoms with E-state index in [9.17, 15) is 13.2 Å². The van der Waals surface area contributed by atoms with Crippen molar-refractivity contribution in [1.29, 1.82) is 0 Å². The highest BCUT2D eigenvalue weighted by Crippen LogP contribution is 2.11. The van der Waals surface area contributed by atoms with Crippen LogP contribution in [0.1, 0.15) is 20.3 Å². The van der Waals surface area contributed by atoms with Crippen LogP contribution in [0.2, 0.25) is 0 Å². The molecule has 1 aromatic rings. The summed E-state index contributed by atoms with van der Waals surface area (Å²) in [4.78, 5) is 14.3. The monoisotopic (exact) mass is 361 g/mol. The van der Waals surface area contributed by atoms with Crippen LogP contribution in [0.5, 0.6) is 0 Å². The minimum atomic E-state index is -3.54. The fourth-order valence-corrected chi connectivity index (χ4v) is 3.58. The molecule has 0 spiro atoms. The predicted molar refractivity (Wildman–Crippen MR) is 92.1 cm³/mol. The molecule has 2 N–H and O–H groups in total. The van der Waals surface area contributed by atoms with Gasteiger partial charge in [-0.2, -0.15) is 0 Å². The highest BCUT2D eigenvalue weighted by molar-refractivity contribution is 7.89. The van der Waals surface area contributed by atoms with Gasteiger partial charge in [0.2, 0.25) is 15.9 Å². The maximum atomic E-state index is 12.2. The van der Waals surface area contributed by atoms with E-state index in [1.165, 1.54) is 12.1 Å². The maximum absolute atomic E-state index is 12.2. The zero-order valence-electron chi connectivity index (χ0n) is 13.4. The second kappa shape index (κ2) is 8.63. The molecule has 130 valence electrons. The van der Waals surface area contributed by atoms with Crippen molar-refractivity contribution in [2.24, 2.45) is 0 Å². The van der Waals surface area contributed by atoms with Gasteiger partial charge in [-0.25, -0.2) is 13.1 Å². The molecule has 1 saturated heterocycles. The molecule has 2 atom stereocenters. The van der Waals surface area contributed by atoms with Gasteiger partial charge < -0.3 is 10.2 Å². The number of amides is 1. The van der Waals surface area contributed by atoms with Crippen LogP contribution in [-0.4, -0.2) is 50.9 Å². The molecule has 1 aliphatic heterocycles. The lowest BCUT2D eigenvalue weighted by atomic mass is 10.1. The SMILES string of the molecule is CC1NCCN(C(=O)CCNS(=O)(=O)c2ccccc2)C1C.Cl. The van der Waals surface area contributed by atoms with E-state index in [4.69, 9.17) is 0 Å². The maximum Gasteiger partial charge on any atom is 0.240 e. The van der Waals surface area contributed by atoms with Crippen molar-refractivity contribution < 1.29 is 13.2 Å². The summed E-state index contributed by atoms with van der Waals surface area (Å²) in [6.07, 6.45) is 0.170. The standard InChI is InChI=1S/C15H23N3O3S.ClH/c1-12-13(2)18(11-10-16-12)15(19)8-9-17-22(20,21)14-6-4-3-5-7-14;/h3-7,12-13,16-17H,8-11H2,1-2H3;1H. The van der Waals surface area contributed by atoms with Crippen LogP contribution in [0.15, 0.2) is 35.2 Å². The smallest absolute Gasteiger partial charge is 0.240 e. The van der Waals surface area contributed by atoms with Crippen LogP contribution in [0.4, 0.5) is 0 Å². The van der Waals surface area contributed by atoms with Gasteiger partial charge >= 0.3 is 0 Å². The molecule has 1 amide bonds. The fourth-order valence-electron chi connectivity index (χ4n) is 2.53. The molecule has 0 bridgehead atoms. The van der Waals surface area contributed by atoms with Gasteiger partial charge in [-0.3, -0.25) is 4.79 Å². The van der Waals surface area contributed by atoms with Gasteiger partial charge in [0.15, 0.2) is 0 Å². The molecule has 0 radical (unpaired) electrons. The van der Waals surface area contributed by atoms with E-state index >= 15 is 0 Å². The number of hydrogen-bond acceptors (Lipinski definition) is 4. The Morgan fingerprint density at radius 3 is 2.61 bits per heavy atom. The Morgan fingerprint density at radius 2 is 1.96 bits per heavy atom. The molecule has 1 heterocycles. The zero-order valence-corrected chi connectivity index (χ0v) is 15.0. The van der Waals surface area contributed by atoms with Crippen molar-refractivity contribution in [3.8, 4) is 0 Å². The fraction of sp³-hybridized carbons (Fsp3) is 0.533. The van der Waals surface area contributed by atoms with Crippen LogP contribution >= 0.6 is 12.4 Å². The van der Waals surface area contributed by atoms with Gasteiger partial charge in [0.1, 0.15) is 0 Å². The number of carbonyl (C=O) groups excluding carboxylic acids is 1. The Labute approximate surface area is 144 Å². The molecule has 0 saturated carbocycles. The van der Waals surface area contributed by atoms with Gasteiger partial charge in [-0.1, -0.05) is 18.2 Å². The number of piperazine rings is 1. The molecule has 1 fully saturated rings. The van der Waals surface area contributed by atoms with Gasteiger partial charge in [-0.15, -0.1) is 12.4 Å². The minimum absolute atomic E-state index is 0. The molecule has 2 unspecified atom stereocenters. The lowest BCUT2D eigenvalue weighted by molar-refractivity contribution is -0.134. The molecular formula is C15H24ClN3O3S. The van der Waals surface area contributed by atoms with E-state index in [0.717, 1.165) is 6.54 Å². The second-order valence-electron chi connectivity index (χ2n) is 5.53. The third-order valence-electron chi connectivity index (χ3n) is 4.04. The van der Waals surface area contributed by atoms with Crippen molar-refractivity contribution in [3.63, 3.8) is 0 Å². The lowest BCUT2D eigenvalue weighted by Gasteiger charge is -2.38. The molecule has 2 rings (SSSR count). The average Bonchev–Trinajstić information content (AvgIpc) is 2.50. The molecule has 0 aliphatic carbocycles. The molecule has 23 heavy (non-hydrogen) atoms. The Kier molecular flexibility index (Phi) is 7.47. The number of nitrogens with zero attached hydrogens (tertiary/aromatic N) is 1. The van der Waals surface area contributed by atoms with Gasteiger partial charge in [0.25, 0.3) is 0 Å². The molecule has 1 aliphatic rings. The summed E-state index contributed by atoms with van der Waals surface area (Å²) < 4.78 is 26.6. The zero-order chi connectivity index (χ0) is 16.2. The first kappa shape index (κ1) is 19.9. The summed E-state index contributed by atoms with van der Waals surface area (Å²) in [6, 6.07) is 8.53. The number of rotatable bonds is 5. The Morgan fingerprint density at radius 1 is 1.30 bits per heavy atom. The first-order chi connectivity index (χ1) is 10.4. The van der Waals surface area contributed by atoms with Crippen molar-refractivity contribution >= 4 is 28.3 Å². The van der Waals surface area contributed by atoms with Gasteiger partial charge in [0.05, 0.1) is 4.90 Å². The van der Waals surface area contributed by atoms with Crippen LogP contribution in [0.25, 0.3) is 0 Å². The minimum Gasteiger partial charge on any atom is -0.337 e. The van der Waals surface area contributed by atoms with Crippen LogP contribution in [-0.2, 0) is 14.8 Å². The van der Waals surface area contributed by atoms with Crippen LogP contribution in [0.3, 0.4) is 0 Å². The predicted octanol–water partition coefficient (Wildman–Crippen LogP) is 0.986. The van der Waals surface area contributed by atoms with Crippen molar-refractivity contribution in [2.75, 3.05) is 19.6 Å². The van der Waals surface area contributed by atoms with E-state index in [-0.39, 0.29) is 48.3 Å². The first-order valence-electron chi connectivity index (χ1n) is 7.49. The number of carbonyl (C=O) groups is 1. The molecular weight excluding hydrogens is 338 g/mol. The summed E-state index contributed by atoms with van der Waals surface area (Å²) >= 11 is 0. The van der Waals surface area contributed by atoms with E-state index in [1.54, 1.807) is 18.2 Å². The van der Waals surface area contributed by atoms with E-state index in [0.29, 0.717) is 6.54 Å². The molecule has 6 nitrogen and oxygen atoms in total. The lowest BCUT2D eigenvalue weighted by Crippen LogP contribution is -2.57. The third kappa shape index (κ3) is 5.17. The van der Waals surface area contributed by atoms with E-state index < -0.39 is 10.0 Å². The van der Waals surface area contributed by atoms with Crippen molar-refractivity contribution in [3.05, 3.63) is 30.3 Å². The summed E-state index contributed by atoms with van der Waals surface area (Å²) in [5.41, 5.74) is 0. The normalized spacial score (nSPS) is 21.6. The topological polar surface area (TPSA) is 78.5 Å².